The smallest absolute Gasteiger partial charge is 0.446 e. The molecule has 0 aliphatic carbocycles. The van der Waals surface area contributed by atoms with E-state index in [0.717, 1.165) is 4.57 Å². The molecule has 0 saturated carbocycles. The quantitative estimate of drug-likeness (QED) is 0.323. The van der Waals surface area contributed by atoms with Gasteiger partial charge in [0.05, 0.1) is 23.0 Å². The Bertz CT molecular complexity index is 1440. The Hall–Kier alpha value is -3.40. The first kappa shape index (κ1) is 24.3. The summed E-state index contributed by atoms with van der Waals surface area (Å²) in [5, 5.41) is 10.6. The summed E-state index contributed by atoms with van der Waals surface area (Å²) in [6, 6.07) is 10.9. The van der Waals surface area contributed by atoms with E-state index in [9.17, 15) is 18.3 Å². The van der Waals surface area contributed by atoms with Crippen LogP contribution in [-0.2, 0) is 0 Å². The predicted molar refractivity (Wildman–Crippen MR) is 130 cm³/mol. The molecule has 1 saturated heterocycles. The molecule has 2 N–H and O–H groups in total. The SMILES string of the molecule is COc1ccc(N2CCC(COc3nonc3-c3noc(=O)n3-c3ccc(F)c(Br)c3)S2(O)O)cc1. The average molecular weight is 584 g/mol. The largest absolute Gasteiger partial charge is 0.497 e. The van der Waals surface area contributed by atoms with Gasteiger partial charge < -0.3 is 9.47 Å². The Morgan fingerprint density at radius 1 is 1.17 bits per heavy atom. The molecular formula is C21H19BrFN5O7S. The summed E-state index contributed by atoms with van der Waals surface area (Å²) in [7, 11) is -1.68. The summed E-state index contributed by atoms with van der Waals surface area (Å²) >= 11 is 3.08. The fraction of sp³-hybridized carbons (Fsp3) is 0.238. The van der Waals surface area contributed by atoms with Gasteiger partial charge in [-0.15, -0.1) is 10.8 Å². The third-order valence-corrected chi connectivity index (χ3v) is 8.54. The van der Waals surface area contributed by atoms with Crippen molar-refractivity contribution >= 4 is 32.4 Å². The summed E-state index contributed by atoms with van der Waals surface area (Å²) in [5.74, 6) is -0.933. The molecule has 2 aromatic carbocycles. The summed E-state index contributed by atoms with van der Waals surface area (Å²) in [4.78, 5) is 12.3. The highest BCUT2D eigenvalue weighted by Gasteiger charge is 2.40. The van der Waals surface area contributed by atoms with Crippen molar-refractivity contribution in [3.8, 4) is 28.8 Å². The molecule has 1 atom stereocenters. The van der Waals surface area contributed by atoms with Gasteiger partial charge in [-0.1, -0.05) is 5.16 Å². The first-order chi connectivity index (χ1) is 17.3. The fourth-order valence-corrected chi connectivity index (χ4v) is 5.98. The summed E-state index contributed by atoms with van der Waals surface area (Å²) < 4.78 is 58.7. The van der Waals surface area contributed by atoms with Gasteiger partial charge in [-0.2, -0.15) is 0 Å². The van der Waals surface area contributed by atoms with Crippen LogP contribution in [0.15, 0.2) is 60.9 Å². The van der Waals surface area contributed by atoms with Crippen molar-refractivity contribution in [2.75, 3.05) is 24.6 Å². The van der Waals surface area contributed by atoms with E-state index in [4.69, 9.17) is 18.6 Å². The van der Waals surface area contributed by atoms with E-state index in [1.54, 1.807) is 31.4 Å². The summed E-state index contributed by atoms with van der Waals surface area (Å²) in [6.07, 6.45) is 0.438. The first-order valence-corrected chi connectivity index (χ1v) is 12.8. The molecular weight excluding hydrogens is 565 g/mol. The van der Waals surface area contributed by atoms with Gasteiger partial charge >= 0.3 is 5.76 Å². The maximum Gasteiger partial charge on any atom is 0.446 e. The van der Waals surface area contributed by atoms with Crippen LogP contribution in [0.1, 0.15) is 6.42 Å². The average Bonchev–Trinajstić information content (AvgIpc) is 3.56. The zero-order valence-electron chi connectivity index (χ0n) is 18.6. The van der Waals surface area contributed by atoms with Crippen LogP contribution in [0, 0.1) is 5.82 Å². The van der Waals surface area contributed by atoms with Crippen LogP contribution >= 0.6 is 26.7 Å². The van der Waals surface area contributed by atoms with Crippen LogP contribution in [0.25, 0.3) is 17.2 Å². The fourth-order valence-electron chi connectivity index (χ4n) is 3.78. The van der Waals surface area contributed by atoms with E-state index in [2.05, 4.69) is 31.4 Å². The molecule has 4 aromatic rings. The zero-order valence-corrected chi connectivity index (χ0v) is 21.0. The molecule has 15 heteroatoms. The van der Waals surface area contributed by atoms with Crippen LogP contribution in [0.3, 0.4) is 0 Å². The van der Waals surface area contributed by atoms with Crippen molar-refractivity contribution < 1.29 is 32.1 Å². The number of anilines is 1. The van der Waals surface area contributed by atoms with Gasteiger partial charge in [-0.3, -0.25) is 17.9 Å². The highest BCUT2D eigenvalue weighted by molar-refractivity contribution is 9.10. The van der Waals surface area contributed by atoms with Crippen molar-refractivity contribution in [2.45, 2.75) is 11.7 Å². The lowest BCUT2D eigenvalue weighted by Crippen LogP contribution is -2.28. The second-order valence-electron chi connectivity index (χ2n) is 7.71. The lowest BCUT2D eigenvalue weighted by Gasteiger charge is -2.42. The van der Waals surface area contributed by atoms with Gasteiger partial charge in [0.1, 0.15) is 23.4 Å². The number of rotatable bonds is 7. The van der Waals surface area contributed by atoms with Crippen molar-refractivity contribution in [3.63, 3.8) is 0 Å². The second-order valence-corrected chi connectivity index (χ2v) is 10.8. The number of methoxy groups -OCH3 is 1. The minimum Gasteiger partial charge on any atom is -0.497 e. The van der Waals surface area contributed by atoms with E-state index in [1.807, 2.05) is 0 Å². The monoisotopic (exact) mass is 583 g/mol. The Balaban J connectivity index is 1.36. The van der Waals surface area contributed by atoms with Crippen LogP contribution in [-0.4, -0.2) is 54.7 Å². The van der Waals surface area contributed by atoms with E-state index in [1.165, 1.54) is 22.5 Å². The number of benzene rings is 2. The van der Waals surface area contributed by atoms with Crippen LogP contribution < -0.4 is 19.5 Å². The van der Waals surface area contributed by atoms with Gasteiger partial charge in [-0.25, -0.2) is 18.4 Å². The molecule has 1 fully saturated rings. The van der Waals surface area contributed by atoms with Gasteiger partial charge in [0.15, 0.2) is 0 Å². The molecule has 0 amide bonds. The zero-order chi connectivity index (χ0) is 25.4. The molecule has 0 bridgehead atoms. The standard InChI is InChI=1S/C21H19BrFN5O7S/c1-32-14-5-2-12(3-6-14)27-9-8-15(36(27,30)31)11-33-20-18(24-35-26-20)19-25-34-21(29)28(19)13-4-7-17(23)16(22)10-13/h2-7,10,15,30-31H,8-9,11H2,1H3. The molecule has 36 heavy (non-hydrogen) atoms. The molecule has 1 aliphatic rings. The topological polar surface area (TPSA) is 149 Å². The third kappa shape index (κ3) is 4.34. The van der Waals surface area contributed by atoms with Crippen LogP contribution in [0.4, 0.5) is 10.1 Å². The number of hydrogen-bond acceptors (Lipinski definition) is 11. The lowest BCUT2D eigenvalue weighted by atomic mass is 10.2. The number of hydrogen-bond donors (Lipinski definition) is 2. The van der Waals surface area contributed by atoms with Gasteiger partial charge in [0.2, 0.25) is 11.5 Å². The van der Waals surface area contributed by atoms with E-state index in [0.29, 0.717) is 24.4 Å². The first-order valence-electron chi connectivity index (χ1n) is 10.5. The maximum atomic E-state index is 13.7. The van der Waals surface area contributed by atoms with Crippen molar-refractivity contribution in [2.24, 2.45) is 0 Å². The predicted octanol–water partition coefficient (Wildman–Crippen LogP) is 4.11. The highest BCUT2D eigenvalue weighted by atomic mass is 79.9. The normalized spacial score (nSPS) is 17.8. The Morgan fingerprint density at radius 3 is 2.64 bits per heavy atom. The van der Waals surface area contributed by atoms with E-state index >= 15 is 0 Å². The number of halogens is 2. The molecule has 190 valence electrons. The van der Waals surface area contributed by atoms with Crippen molar-refractivity contribution in [1.82, 2.24) is 20.0 Å². The van der Waals surface area contributed by atoms with E-state index in [-0.39, 0.29) is 34.2 Å². The summed E-state index contributed by atoms with van der Waals surface area (Å²) in [5.41, 5.74) is 0.834. The lowest BCUT2D eigenvalue weighted by molar-refractivity contribution is 0.252. The Morgan fingerprint density at radius 2 is 1.92 bits per heavy atom. The molecule has 0 radical (unpaired) electrons. The van der Waals surface area contributed by atoms with Crippen molar-refractivity contribution in [1.29, 1.82) is 0 Å². The molecule has 3 heterocycles. The Kier molecular flexibility index (Phi) is 6.46. The minimum atomic E-state index is -3.23. The Labute approximate surface area is 212 Å². The van der Waals surface area contributed by atoms with Crippen LogP contribution in [0.5, 0.6) is 11.6 Å². The van der Waals surface area contributed by atoms with Gasteiger partial charge in [0, 0.05) is 6.54 Å². The molecule has 0 spiro atoms. The van der Waals surface area contributed by atoms with Gasteiger partial charge in [-0.05, 0) is 75.1 Å². The molecule has 12 nitrogen and oxygen atoms in total. The molecule has 1 unspecified atom stereocenters. The highest BCUT2D eigenvalue weighted by Crippen LogP contribution is 2.56. The third-order valence-electron chi connectivity index (χ3n) is 5.63. The second kappa shape index (κ2) is 9.57. The van der Waals surface area contributed by atoms with Gasteiger partial charge in [0.25, 0.3) is 5.88 Å². The number of nitrogens with zero attached hydrogens (tertiary/aromatic N) is 5. The van der Waals surface area contributed by atoms with E-state index < -0.39 is 27.6 Å². The summed E-state index contributed by atoms with van der Waals surface area (Å²) in [6.45, 7) is 0.273. The maximum absolute atomic E-state index is 13.7. The molecule has 2 aromatic heterocycles. The molecule has 1 aliphatic heterocycles. The van der Waals surface area contributed by atoms with Crippen LogP contribution in [0.2, 0.25) is 0 Å². The minimum absolute atomic E-state index is 0.0530. The number of aromatic nitrogens is 4. The van der Waals surface area contributed by atoms with Crippen molar-refractivity contribution in [3.05, 3.63) is 63.3 Å². The number of ether oxygens (including phenoxy) is 2. The molecule has 5 rings (SSSR count).